The maximum absolute atomic E-state index is 13.3. The third-order valence-electron chi connectivity index (χ3n) is 4.11. The van der Waals surface area contributed by atoms with Crippen LogP contribution in [0, 0.1) is 12.7 Å². The topological polar surface area (TPSA) is 49.3 Å². The van der Waals surface area contributed by atoms with Crippen molar-refractivity contribution in [3.8, 4) is 0 Å². The summed E-state index contributed by atoms with van der Waals surface area (Å²) in [5.74, 6) is 1.36. The van der Waals surface area contributed by atoms with Crippen molar-refractivity contribution in [3.05, 3.63) is 34.5 Å². The van der Waals surface area contributed by atoms with Crippen molar-refractivity contribution >= 4 is 39.1 Å². The summed E-state index contributed by atoms with van der Waals surface area (Å²) in [5, 5.41) is 14.1. The first-order valence-corrected chi connectivity index (χ1v) is 9.23. The molecule has 1 saturated heterocycles. The Bertz CT molecular complexity index is 707. The highest BCUT2D eigenvalue weighted by Gasteiger charge is 2.30. The van der Waals surface area contributed by atoms with Crippen LogP contribution in [-0.2, 0) is 0 Å². The van der Waals surface area contributed by atoms with E-state index in [1.165, 1.54) is 23.5 Å². The van der Waals surface area contributed by atoms with Gasteiger partial charge in [-0.3, -0.25) is 4.79 Å². The van der Waals surface area contributed by atoms with E-state index in [2.05, 4.69) is 5.32 Å². The van der Waals surface area contributed by atoms with E-state index >= 15 is 0 Å². The van der Waals surface area contributed by atoms with E-state index in [9.17, 15) is 14.3 Å². The molecule has 2 heterocycles. The fourth-order valence-electron chi connectivity index (χ4n) is 2.66. The second kappa shape index (κ2) is 6.18. The lowest BCUT2D eigenvalue weighted by Crippen LogP contribution is -2.45. The molecule has 22 heavy (non-hydrogen) atoms. The van der Waals surface area contributed by atoms with E-state index in [0.29, 0.717) is 17.7 Å². The zero-order chi connectivity index (χ0) is 15.7. The SMILES string of the molecule is Cc1c(C(=O)NCC2(O)CCSCC2)sc2ccc(F)cc12. The lowest BCUT2D eigenvalue weighted by atomic mass is 9.97. The van der Waals surface area contributed by atoms with Crippen LogP contribution in [0.25, 0.3) is 10.1 Å². The standard InChI is InChI=1S/C16H18FNO2S2/c1-10-12-8-11(17)2-3-13(12)22-14(10)15(19)18-9-16(20)4-6-21-7-5-16/h2-3,8,20H,4-7,9H2,1H3,(H,18,19). The number of rotatable bonds is 3. The number of hydrogen-bond acceptors (Lipinski definition) is 4. The van der Waals surface area contributed by atoms with Crippen molar-refractivity contribution < 1.29 is 14.3 Å². The van der Waals surface area contributed by atoms with Crippen LogP contribution in [0.5, 0.6) is 0 Å². The Kier molecular flexibility index (Phi) is 4.43. The van der Waals surface area contributed by atoms with Crippen molar-refractivity contribution in [1.29, 1.82) is 0 Å². The van der Waals surface area contributed by atoms with Gasteiger partial charge in [-0.1, -0.05) is 0 Å². The molecule has 1 aromatic heterocycles. The minimum atomic E-state index is -0.794. The van der Waals surface area contributed by atoms with Gasteiger partial charge in [-0.2, -0.15) is 11.8 Å². The van der Waals surface area contributed by atoms with Gasteiger partial charge in [0.15, 0.2) is 0 Å². The van der Waals surface area contributed by atoms with Crippen LogP contribution in [0.15, 0.2) is 18.2 Å². The molecule has 0 unspecified atom stereocenters. The van der Waals surface area contributed by atoms with Gasteiger partial charge in [-0.15, -0.1) is 11.3 Å². The smallest absolute Gasteiger partial charge is 0.261 e. The van der Waals surface area contributed by atoms with Gasteiger partial charge in [-0.25, -0.2) is 4.39 Å². The van der Waals surface area contributed by atoms with E-state index in [1.807, 2.05) is 18.7 Å². The highest BCUT2D eigenvalue weighted by atomic mass is 32.2. The molecule has 0 bridgehead atoms. The molecular weight excluding hydrogens is 321 g/mol. The number of benzene rings is 1. The Morgan fingerprint density at radius 2 is 2.14 bits per heavy atom. The zero-order valence-electron chi connectivity index (χ0n) is 12.3. The molecule has 1 fully saturated rings. The van der Waals surface area contributed by atoms with Crippen molar-refractivity contribution in [2.75, 3.05) is 18.1 Å². The summed E-state index contributed by atoms with van der Waals surface area (Å²) in [7, 11) is 0. The van der Waals surface area contributed by atoms with Crippen LogP contribution in [0.3, 0.4) is 0 Å². The van der Waals surface area contributed by atoms with Gasteiger partial charge in [0.25, 0.3) is 5.91 Å². The minimum absolute atomic E-state index is 0.189. The van der Waals surface area contributed by atoms with E-state index in [-0.39, 0.29) is 18.3 Å². The van der Waals surface area contributed by atoms with Gasteiger partial charge in [0.1, 0.15) is 5.82 Å². The number of nitrogens with one attached hydrogen (secondary N) is 1. The summed E-state index contributed by atoms with van der Waals surface area (Å²) in [6.45, 7) is 2.10. The van der Waals surface area contributed by atoms with E-state index in [4.69, 9.17) is 0 Å². The lowest BCUT2D eigenvalue weighted by Gasteiger charge is -2.31. The maximum Gasteiger partial charge on any atom is 0.261 e. The normalized spacial score (nSPS) is 17.6. The molecule has 3 rings (SSSR count). The van der Waals surface area contributed by atoms with Gasteiger partial charge in [-0.05, 0) is 60.4 Å². The molecule has 2 N–H and O–H groups in total. The van der Waals surface area contributed by atoms with Crippen molar-refractivity contribution in [1.82, 2.24) is 5.32 Å². The number of aryl methyl sites for hydroxylation is 1. The number of amides is 1. The van der Waals surface area contributed by atoms with Crippen LogP contribution >= 0.6 is 23.1 Å². The third-order valence-corrected chi connectivity index (χ3v) is 6.36. The average Bonchev–Trinajstić information content (AvgIpc) is 2.83. The summed E-state index contributed by atoms with van der Waals surface area (Å²) in [4.78, 5) is 13.0. The Balaban J connectivity index is 1.76. The molecule has 3 nitrogen and oxygen atoms in total. The summed E-state index contributed by atoms with van der Waals surface area (Å²) in [6, 6.07) is 4.57. The number of halogens is 1. The predicted molar refractivity (Wildman–Crippen MR) is 90.4 cm³/mol. The summed E-state index contributed by atoms with van der Waals surface area (Å²) in [6.07, 6.45) is 1.41. The maximum atomic E-state index is 13.3. The first kappa shape index (κ1) is 15.8. The molecule has 1 aromatic carbocycles. The molecule has 0 atom stereocenters. The van der Waals surface area contributed by atoms with Crippen molar-refractivity contribution in [2.24, 2.45) is 0 Å². The van der Waals surface area contributed by atoms with Gasteiger partial charge < -0.3 is 10.4 Å². The first-order valence-electron chi connectivity index (χ1n) is 7.25. The Morgan fingerprint density at radius 1 is 1.41 bits per heavy atom. The van der Waals surface area contributed by atoms with Crippen LogP contribution in [0.4, 0.5) is 4.39 Å². The molecule has 0 saturated carbocycles. The molecule has 6 heteroatoms. The van der Waals surface area contributed by atoms with Crippen LogP contribution in [0.1, 0.15) is 28.1 Å². The first-order chi connectivity index (χ1) is 10.5. The number of fused-ring (bicyclic) bond motifs is 1. The molecule has 0 aliphatic carbocycles. The van der Waals surface area contributed by atoms with E-state index in [1.54, 1.807) is 6.07 Å². The second-order valence-corrected chi connectivity index (χ2v) is 7.99. The number of hydrogen-bond donors (Lipinski definition) is 2. The summed E-state index contributed by atoms with van der Waals surface area (Å²) < 4.78 is 14.2. The average molecular weight is 339 g/mol. The Labute approximate surface area is 136 Å². The molecule has 1 aliphatic rings. The third kappa shape index (κ3) is 3.14. The van der Waals surface area contributed by atoms with Gasteiger partial charge in [0.2, 0.25) is 0 Å². The van der Waals surface area contributed by atoms with Gasteiger partial charge in [0, 0.05) is 11.2 Å². The summed E-state index contributed by atoms with van der Waals surface area (Å²) >= 11 is 3.19. The van der Waals surface area contributed by atoms with Gasteiger partial charge >= 0.3 is 0 Å². The fraction of sp³-hybridized carbons (Fsp3) is 0.438. The summed E-state index contributed by atoms with van der Waals surface area (Å²) in [5.41, 5.74) is 0.000577. The highest BCUT2D eigenvalue weighted by molar-refractivity contribution is 7.99. The molecule has 2 aromatic rings. The van der Waals surface area contributed by atoms with Crippen molar-refractivity contribution in [3.63, 3.8) is 0 Å². The molecule has 1 amide bonds. The van der Waals surface area contributed by atoms with Crippen LogP contribution in [-0.4, -0.2) is 34.7 Å². The largest absolute Gasteiger partial charge is 0.388 e. The highest BCUT2D eigenvalue weighted by Crippen LogP contribution is 2.31. The molecular formula is C16H18FNO2S2. The molecule has 0 spiro atoms. The zero-order valence-corrected chi connectivity index (χ0v) is 14.0. The van der Waals surface area contributed by atoms with E-state index < -0.39 is 5.60 Å². The molecule has 0 radical (unpaired) electrons. The quantitative estimate of drug-likeness (QED) is 0.902. The minimum Gasteiger partial charge on any atom is -0.388 e. The number of thiophene rings is 1. The fourth-order valence-corrected chi connectivity index (χ4v) is 5.02. The number of thioether (sulfide) groups is 1. The van der Waals surface area contributed by atoms with Crippen LogP contribution in [0.2, 0.25) is 0 Å². The van der Waals surface area contributed by atoms with Crippen molar-refractivity contribution in [2.45, 2.75) is 25.4 Å². The number of aliphatic hydroxyl groups is 1. The monoisotopic (exact) mass is 339 g/mol. The second-order valence-electron chi connectivity index (χ2n) is 5.72. The molecule has 1 aliphatic heterocycles. The van der Waals surface area contributed by atoms with Gasteiger partial charge in [0.05, 0.1) is 10.5 Å². The van der Waals surface area contributed by atoms with E-state index in [0.717, 1.165) is 27.2 Å². The Hall–Kier alpha value is -1.11. The number of carbonyl (C=O) groups excluding carboxylic acids is 1. The number of carbonyl (C=O) groups is 1. The molecule has 118 valence electrons. The van der Waals surface area contributed by atoms with Crippen LogP contribution < -0.4 is 5.32 Å². The Morgan fingerprint density at radius 3 is 2.86 bits per heavy atom. The lowest BCUT2D eigenvalue weighted by molar-refractivity contribution is 0.0312. The predicted octanol–water partition coefficient (Wildman–Crippen LogP) is 3.34.